The van der Waals surface area contributed by atoms with Gasteiger partial charge in [-0.05, 0) is 17.7 Å². The number of rotatable bonds is 4. The molecule has 0 amide bonds. The molecule has 1 fully saturated rings. The molecule has 2 aromatic rings. The van der Waals surface area contributed by atoms with E-state index < -0.39 is 5.60 Å². The molecule has 4 nitrogen and oxygen atoms in total. The van der Waals surface area contributed by atoms with E-state index in [1.54, 1.807) is 12.5 Å². The Kier molecular flexibility index (Phi) is 4.12. The number of halogens is 2. The summed E-state index contributed by atoms with van der Waals surface area (Å²) in [5.74, 6) is 0. The largest absolute Gasteiger partial charge is 0.348 e. The minimum atomic E-state index is -0.510. The molecule has 106 valence electrons. The van der Waals surface area contributed by atoms with Crippen LogP contribution in [0.2, 0.25) is 5.02 Å². The van der Waals surface area contributed by atoms with Gasteiger partial charge in [0.1, 0.15) is 5.60 Å². The van der Waals surface area contributed by atoms with Gasteiger partial charge < -0.3 is 14.0 Å². The molecule has 3 rings (SSSR count). The van der Waals surface area contributed by atoms with Crippen molar-refractivity contribution in [3.8, 4) is 0 Å². The van der Waals surface area contributed by atoms with Crippen molar-refractivity contribution < 1.29 is 9.47 Å². The van der Waals surface area contributed by atoms with E-state index in [0.717, 1.165) is 5.56 Å². The molecule has 0 N–H and O–H groups in total. The zero-order chi connectivity index (χ0) is 14.0. The first-order chi connectivity index (χ1) is 9.72. The number of hydrogen-bond donors (Lipinski definition) is 0. The van der Waals surface area contributed by atoms with Gasteiger partial charge in [-0.3, -0.25) is 0 Å². The van der Waals surface area contributed by atoms with Crippen molar-refractivity contribution in [2.75, 3.05) is 11.9 Å². The van der Waals surface area contributed by atoms with Crippen LogP contribution in [0.5, 0.6) is 0 Å². The lowest BCUT2D eigenvalue weighted by atomic mass is 9.94. The van der Waals surface area contributed by atoms with Crippen LogP contribution >= 0.6 is 27.5 Å². The molecule has 6 heteroatoms. The fourth-order valence-electron chi connectivity index (χ4n) is 2.38. The van der Waals surface area contributed by atoms with Crippen LogP contribution in [-0.2, 0) is 21.6 Å². The summed E-state index contributed by atoms with van der Waals surface area (Å²) in [6.07, 6.45) is 5.22. The van der Waals surface area contributed by atoms with Crippen LogP contribution < -0.4 is 0 Å². The molecule has 20 heavy (non-hydrogen) atoms. The third kappa shape index (κ3) is 2.76. The number of nitrogens with zero attached hydrogens (tertiary/aromatic N) is 2. The molecule has 0 aliphatic carbocycles. The summed E-state index contributed by atoms with van der Waals surface area (Å²) in [6, 6.07) is 7.72. The molecule has 1 aromatic heterocycles. The molecular formula is C14H14BrClN2O2. The Morgan fingerprint density at radius 2 is 2.20 bits per heavy atom. The maximum absolute atomic E-state index is 6.14. The minimum Gasteiger partial charge on any atom is -0.348 e. The molecule has 1 saturated heterocycles. The number of aromatic nitrogens is 2. The minimum absolute atomic E-state index is 0.241. The monoisotopic (exact) mass is 356 g/mol. The van der Waals surface area contributed by atoms with Gasteiger partial charge in [0.05, 0.1) is 24.8 Å². The highest BCUT2D eigenvalue weighted by molar-refractivity contribution is 9.09. The quantitative estimate of drug-likeness (QED) is 0.789. The molecule has 0 bridgehead atoms. The van der Waals surface area contributed by atoms with Crippen molar-refractivity contribution in [2.45, 2.75) is 18.4 Å². The van der Waals surface area contributed by atoms with Gasteiger partial charge in [-0.2, -0.15) is 0 Å². The van der Waals surface area contributed by atoms with Gasteiger partial charge in [0, 0.05) is 17.4 Å². The normalized spacial score (nSPS) is 26.0. The highest BCUT2D eigenvalue weighted by Gasteiger charge is 2.42. The first-order valence-electron chi connectivity index (χ1n) is 6.29. The zero-order valence-corrected chi connectivity index (χ0v) is 13.0. The second kappa shape index (κ2) is 5.85. The van der Waals surface area contributed by atoms with Crippen LogP contribution in [0.4, 0.5) is 0 Å². The average Bonchev–Trinajstić information content (AvgIpc) is 3.10. The van der Waals surface area contributed by atoms with E-state index in [2.05, 4.69) is 20.9 Å². The highest BCUT2D eigenvalue weighted by Crippen LogP contribution is 2.36. The molecule has 2 heterocycles. The average molecular weight is 358 g/mol. The summed E-state index contributed by atoms with van der Waals surface area (Å²) in [5, 5.41) is 1.36. The maximum atomic E-state index is 6.14. The van der Waals surface area contributed by atoms with Crippen LogP contribution in [0.1, 0.15) is 5.56 Å². The number of benzene rings is 1. The van der Waals surface area contributed by atoms with Crippen molar-refractivity contribution in [1.29, 1.82) is 0 Å². The van der Waals surface area contributed by atoms with Crippen LogP contribution in [0.25, 0.3) is 0 Å². The Morgan fingerprint density at radius 3 is 2.80 bits per heavy atom. The second-order valence-electron chi connectivity index (χ2n) is 4.75. The van der Waals surface area contributed by atoms with Crippen LogP contribution in [0, 0.1) is 0 Å². The van der Waals surface area contributed by atoms with E-state index in [1.807, 2.05) is 35.0 Å². The molecule has 2 atom stereocenters. The number of ether oxygens (including phenoxy) is 2. The fourth-order valence-corrected chi connectivity index (χ4v) is 2.82. The van der Waals surface area contributed by atoms with Gasteiger partial charge in [0.15, 0.2) is 6.29 Å². The van der Waals surface area contributed by atoms with Crippen molar-refractivity contribution in [3.05, 3.63) is 53.6 Å². The van der Waals surface area contributed by atoms with E-state index in [9.17, 15) is 0 Å². The van der Waals surface area contributed by atoms with Gasteiger partial charge >= 0.3 is 0 Å². The predicted molar refractivity (Wildman–Crippen MR) is 80.0 cm³/mol. The van der Waals surface area contributed by atoms with Crippen molar-refractivity contribution in [1.82, 2.24) is 9.55 Å². The van der Waals surface area contributed by atoms with Crippen LogP contribution in [-0.4, -0.2) is 27.8 Å². The first kappa shape index (κ1) is 14.1. The second-order valence-corrected chi connectivity index (χ2v) is 5.83. The van der Waals surface area contributed by atoms with Gasteiger partial charge in [-0.15, -0.1) is 0 Å². The Morgan fingerprint density at radius 1 is 1.40 bits per heavy atom. The summed E-state index contributed by atoms with van der Waals surface area (Å²) in [6.45, 7) is 1.15. The summed E-state index contributed by atoms with van der Waals surface area (Å²) < 4.78 is 13.8. The zero-order valence-electron chi connectivity index (χ0n) is 10.7. The Balaban J connectivity index is 1.93. The highest BCUT2D eigenvalue weighted by atomic mass is 79.9. The van der Waals surface area contributed by atoms with Gasteiger partial charge in [0.2, 0.25) is 0 Å². The van der Waals surface area contributed by atoms with Crippen molar-refractivity contribution >= 4 is 27.5 Å². The van der Waals surface area contributed by atoms with Gasteiger partial charge in [0.25, 0.3) is 0 Å². The Hall–Kier alpha value is -0.880. The summed E-state index contributed by atoms with van der Waals surface area (Å²) >= 11 is 9.37. The van der Waals surface area contributed by atoms with E-state index in [1.165, 1.54) is 0 Å². The van der Waals surface area contributed by atoms with E-state index in [0.29, 0.717) is 23.5 Å². The summed E-state index contributed by atoms with van der Waals surface area (Å²) in [4.78, 5) is 4.08. The molecule has 0 unspecified atom stereocenters. The summed E-state index contributed by atoms with van der Waals surface area (Å²) in [5.41, 5.74) is 0.544. The van der Waals surface area contributed by atoms with Crippen LogP contribution in [0.15, 0.2) is 43.0 Å². The fraction of sp³-hybridized carbons (Fsp3) is 0.357. The maximum Gasteiger partial charge on any atom is 0.168 e. The predicted octanol–water partition coefficient (Wildman–Crippen LogP) is 3.20. The van der Waals surface area contributed by atoms with Crippen LogP contribution in [0.3, 0.4) is 0 Å². The summed E-state index contributed by atoms with van der Waals surface area (Å²) in [7, 11) is 0. The molecule has 0 spiro atoms. The van der Waals surface area contributed by atoms with Gasteiger partial charge in [-0.25, -0.2) is 4.98 Å². The first-order valence-corrected chi connectivity index (χ1v) is 7.79. The lowest BCUT2D eigenvalue weighted by Crippen LogP contribution is -2.34. The lowest BCUT2D eigenvalue weighted by molar-refractivity contribution is -0.0819. The molecular weight excluding hydrogens is 344 g/mol. The van der Waals surface area contributed by atoms with Gasteiger partial charge in [-0.1, -0.05) is 39.7 Å². The molecule has 1 aliphatic heterocycles. The van der Waals surface area contributed by atoms with Crippen molar-refractivity contribution in [2.24, 2.45) is 0 Å². The van der Waals surface area contributed by atoms with E-state index in [4.69, 9.17) is 21.1 Å². The Bertz CT molecular complexity index is 561. The molecule has 1 aromatic carbocycles. The topological polar surface area (TPSA) is 36.3 Å². The van der Waals surface area contributed by atoms with E-state index in [-0.39, 0.29) is 6.29 Å². The standard InChI is InChI=1S/C14H14BrClN2O2/c15-7-13-19-9-14(20-13,8-18-6-5-17-10-18)11-1-3-12(16)4-2-11/h1-6,10,13H,7-9H2/t13-,14+/m0/s1. The Labute approximate surface area is 130 Å². The third-order valence-corrected chi connectivity index (χ3v) is 4.13. The molecule has 0 radical (unpaired) electrons. The smallest absolute Gasteiger partial charge is 0.168 e. The van der Waals surface area contributed by atoms with Crippen molar-refractivity contribution in [3.63, 3.8) is 0 Å². The lowest BCUT2D eigenvalue weighted by Gasteiger charge is -2.28. The number of alkyl halides is 1. The molecule has 0 saturated carbocycles. The molecule has 1 aliphatic rings. The number of imidazole rings is 1. The number of hydrogen-bond acceptors (Lipinski definition) is 3. The SMILES string of the molecule is Clc1ccc([C@@]2(Cn3ccnc3)CO[C@H](CBr)O2)cc1. The van der Waals surface area contributed by atoms with E-state index >= 15 is 0 Å². The third-order valence-electron chi connectivity index (χ3n) is 3.35.